The number of benzene rings is 3. The van der Waals surface area contributed by atoms with Gasteiger partial charge in [-0.05, 0) is 92.6 Å². The molecule has 0 spiro atoms. The number of piperidine rings is 1. The van der Waals surface area contributed by atoms with Gasteiger partial charge in [-0.2, -0.15) is 0 Å². The molecule has 6 heteroatoms. The van der Waals surface area contributed by atoms with E-state index in [4.69, 9.17) is 20.5 Å². The summed E-state index contributed by atoms with van der Waals surface area (Å²) in [5.41, 5.74) is 12.8. The third-order valence-corrected chi connectivity index (χ3v) is 7.42. The maximum absolute atomic E-state index is 12.9. The normalized spacial score (nSPS) is 19.4. The fourth-order valence-electron chi connectivity index (χ4n) is 5.48. The number of carbonyl (C=O) groups excluding carboxylic acids is 1. The maximum Gasteiger partial charge on any atom is 0.253 e. The first-order valence-corrected chi connectivity index (χ1v) is 12.9. The zero-order valence-corrected chi connectivity index (χ0v) is 22.0. The lowest BCUT2D eigenvalue weighted by atomic mass is 9.88. The van der Waals surface area contributed by atoms with E-state index in [1.807, 2.05) is 62.1 Å². The number of carbonyl (C=O) groups is 1. The third-order valence-electron chi connectivity index (χ3n) is 7.42. The number of nitrogens with two attached hydrogens (primary N) is 1. The van der Waals surface area contributed by atoms with Crippen LogP contribution in [0.3, 0.4) is 0 Å². The van der Waals surface area contributed by atoms with Crippen molar-refractivity contribution in [2.24, 2.45) is 15.7 Å². The van der Waals surface area contributed by atoms with Crippen LogP contribution in [0.5, 0.6) is 5.75 Å². The van der Waals surface area contributed by atoms with Gasteiger partial charge in [-0.3, -0.25) is 4.79 Å². The van der Waals surface area contributed by atoms with Crippen LogP contribution in [0.2, 0.25) is 0 Å². The average molecular weight is 495 g/mol. The lowest BCUT2D eigenvalue weighted by Crippen LogP contribution is -2.35. The third kappa shape index (κ3) is 4.52. The summed E-state index contributed by atoms with van der Waals surface area (Å²) in [4.78, 5) is 24.8. The Kier molecular flexibility index (Phi) is 6.59. The van der Waals surface area contributed by atoms with E-state index in [9.17, 15) is 4.79 Å². The van der Waals surface area contributed by atoms with Crippen LogP contribution in [0.4, 0.5) is 0 Å². The van der Waals surface area contributed by atoms with Crippen molar-refractivity contribution in [3.8, 4) is 16.9 Å². The average Bonchev–Trinajstić information content (AvgIpc) is 3.23. The molecule has 3 aromatic carbocycles. The Morgan fingerprint density at radius 3 is 2.14 bits per heavy atom. The number of rotatable bonds is 5. The summed E-state index contributed by atoms with van der Waals surface area (Å²) in [5, 5.41) is 0. The summed E-state index contributed by atoms with van der Waals surface area (Å²) in [6.45, 7) is 7.65. The van der Waals surface area contributed by atoms with Crippen molar-refractivity contribution in [2.45, 2.75) is 45.7 Å². The Morgan fingerprint density at radius 1 is 0.865 bits per heavy atom. The zero-order chi connectivity index (χ0) is 26.2. The Morgan fingerprint density at radius 2 is 1.54 bits per heavy atom. The van der Waals surface area contributed by atoms with Crippen molar-refractivity contribution in [1.29, 1.82) is 0 Å². The molecule has 5 rings (SSSR count). The molecule has 1 fully saturated rings. The molecule has 2 heterocycles. The van der Waals surface area contributed by atoms with Crippen LogP contribution in [-0.4, -0.2) is 42.6 Å². The molecule has 2 aliphatic heterocycles. The minimum Gasteiger partial charge on any atom is -0.496 e. The number of likely N-dealkylation sites (tertiary alicyclic amines) is 1. The lowest BCUT2D eigenvalue weighted by molar-refractivity contribution is 0.0724. The first-order chi connectivity index (χ1) is 17.8. The molecular formula is C31H34N4O2. The maximum atomic E-state index is 12.9. The van der Waals surface area contributed by atoms with Crippen LogP contribution in [0.15, 0.2) is 70.6 Å². The Bertz CT molecular complexity index is 1360. The predicted molar refractivity (Wildman–Crippen MR) is 150 cm³/mol. The van der Waals surface area contributed by atoms with E-state index in [1.165, 1.54) is 6.42 Å². The summed E-state index contributed by atoms with van der Waals surface area (Å²) in [6, 6.07) is 20.3. The Balaban J connectivity index is 1.53. The van der Waals surface area contributed by atoms with Crippen LogP contribution in [0, 0.1) is 13.8 Å². The first-order valence-electron chi connectivity index (χ1n) is 12.9. The van der Waals surface area contributed by atoms with Gasteiger partial charge >= 0.3 is 0 Å². The highest BCUT2D eigenvalue weighted by atomic mass is 16.5. The fourth-order valence-corrected chi connectivity index (χ4v) is 5.48. The summed E-state index contributed by atoms with van der Waals surface area (Å²) in [6.07, 6.45) is 3.37. The predicted octanol–water partition coefficient (Wildman–Crippen LogP) is 5.64. The number of amidine groups is 1. The molecule has 0 bridgehead atoms. The lowest BCUT2D eigenvalue weighted by Gasteiger charge is -2.27. The van der Waals surface area contributed by atoms with E-state index >= 15 is 0 Å². The highest BCUT2D eigenvalue weighted by Crippen LogP contribution is 2.42. The molecule has 37 heavy (non-hydrogen) atoms. The van der Waals surface area contributed by atoms with Gasteiger partial charge in [0.05, 0.1) is 12.8 Å². The van der Waals surface area contributed by atoms with Gasteiger partial charge in [-0.15, -0.1) is 0 Å². The molecule has 1 atom stereocenters. The molecule has 2 N–H and O–H groups in total. The summed E-state index contributed by atoms with van der Waals surface area (Å²) >= 11 is 0. The quantitative estimate of drug-likeness (QED) is 0.499. The second kappa shape index (κ2) is 9.85. The van der Waals surface area contributed by atoms with Crippen molar-refractivity contribution in [3.63, 3.8) is 0 Å². The molecule has 190 valence electrons. The molecule has 1 saturated heterocycles. The van der Waals surface area contributed by atoms with Gasteiger partial charge in [0.2, 0.25) is 5.66 Å². The Labute approximate surface area is 218 Å². The van der Waals surface area contributed by atoms with E-state index in [-0.39, 0.29) is 5.91 Å². The smallest absolute Gasteiger partial charge is 0.253 e. The van der Waals surface area contributed by atoms with E-state index in [2.05, 4.69) is 24.3 Å². The molecular weight excluding hydrogens is 460 g/mol. The topological polar surface area (TPSA) is 80.3 Å². The molecule has 0 radical (unpaired) electrons. The largest absolute Gasteiger partial charge is 0.496 e. The van der Waals surface area contributed by atoms with Crippen molar-refractivity contribution < 1.29 is 9.53 Å². The number of nitrogens with zero attached hydrogens (tertiary/aromatic N) is 3. The summed E-state index contributed by atoms with van der Waals surface area (Å²) in [5.74, 6) is 1.42. The zero-order valence-electron chi connectivity index (χ0n) is 22.0. The second-order valence-electron chi connectivity index (χ2n) is 10.0. The van der Waals surface area contributed by atoms with E-state index < -0.39 is 5.66 Å². The monoisotopic (exact) mass is 494 g/mol. The van der Waals surface area contributed by atoms with Crippen molar-refractivity contribution in [3.05, 3.63) is 88.5 Å². The van der Waals surface area contributed by atoms with E-state index in [0.29, 0.717) is 5.84 Å². The molecule has 0 saturated carbocycles. The van der Waals surface area contributed by atoms with Gasteiger partial charge in [-0.25, -0.2) is 9.98 Å². The molecule has 1 amide bonds. The van der Waals surface area contributed by atoms with Gasteiger partial charge in [-0.1, -0.05) is 30.3 Å². The van der Waals surface area contributed by atoms with Crippen LogP contribution in [0.25, 0.3) is 11.1 Å². The molecule has 0 aliphatic carbocycles. The molecule has 2 aliphatic rings. The van der Waals surface area contributed by atoms with Crippen LogP contribution < -0.4 is 10.5 Å². The number of aliphatic imine (C=N–C) groups is 2. The molecule has 0 aromatic heterocycles. The number of hydrogen-bond donors (Lipinski definition) is 1. The van der Waals surface area contributed by atoms with Gasteiger partial charge in [0.25, 0.3) is 5.91 Å². The van der Waals surface area contributed by atoms with Crippen molar-refractivity contribution >= 4 is 17.5 Å². The summed E-state index contributed by atoms with van der Waals surface area (Å²) in [7, 11) is 1.69. The SMILES string of the molecule is COc1c(C)cc(C2(c3cccc(-c4ccc(C(=O)N5CCCCC5)cc4)c3)N=C(C)C(N)=N2)cc1C. The van der Waals surface area contributed by atoms with Gasteiger partial charge in [0, 0.05) is 29.8 Å². The van der Waals surface area contributed by atoms with Crippen molar-refractivity contribution in [2.75, 3.05) is 20.2 Å². The highest BCUT2D eigenvalue weighted by Gasteiger charge is 2.39. The highest BCUT2D eigenvalue weighted by molar-refractivity contribution is 6.41. The summed E-state index contributed by atoms with van der Waals surface area (Å²) < 4.78 is 5.59. The van der Waals surface area contributed by atoms with Gasteiger partial charge < -0.3 is 15.4 Å². The second-order valence-corrected chi connectivity index (χ2v) is 10.0. The number of ether oxygens (including phenoxy) is 1. The number of hydrogen-bond acceptors (Lipinski definition) is 5. The number of aryl methyl sites for hydroxylation is 2. The standard InChI is InChI=1S/C31H34N4O2/c1-20-17-27(18-21(2)28(20)37-4)31(33-22(3)29(32)34-31)26-10-8-9-25(19-26)23-11-13-24(14-12-23)30(36)35-15-6-5-7-16-35/h8-14,17-19H,5-7,15-16H2,1-4H3,(H2,32,34). The Hall–Kier alpha value is -3.93. The molecule has 3 aromatic rings. The van der Waals surface area contributed by atoms with Crippen molar-refractivity contribution in [1.82, 2.24) is 4.90 Å². The van der Waals surface area contributed by atoms with Gasteiger partial charge in [0.15, 0.2) is 0 Å². The van der Waals surface area contributed by atoms with Crippen LogP contribution >= 0.6 is 0 Å². The van der Waals surface area contributed by atoms with Gasteiger partial charge in [0.1, 0.15) is 11.6 Å². The minimum atomic E-state index is -0.962. The number of methoxy groups -OCH3 is 1. The number of amides is 1. The fraction of sp³-hybridized carbons (Fsp3) is 0.323. The van der Waals surface area contributed by atoms with Crippen LogP contribution in [0.1, 0.15) is 58.8 Å². The van der Waals surface area contributed by atoms with E-state index in [1.54, 1.807) is 7.11 Å². The minimum absolute atomic E-state index is 0.116. The van der Waals surface area contributed by atoms with E-state index in [0.717, 1.165) is 76.3 Å². The molecule has 6 nitrogen and oxygen atoms in total. The molecule has 1 unspecified atom stereocenters. The van der Waals surface area contributed by atoms with Crippen LogP contribution in [-0.2, 0) is 5.66 Å². The first kappa shape index (κ1) is 24.8.